The van der Waals surface area contributed by atoms with Crippen LogP contribution in [0.3, 0.4) is 0 Å². The number of piperidine rings is 1. The number of carbonyl (C=O) groups is 1. The highest BCUT2D eigenvalue weighted by Crippen LogP contribution is 2.65. The number of nitrogens with one attached hydrogen (secondary N) is 1. The highest BCUT2D eigenvalue weighted by molar-refractivity contribution is 7.89. The van der Waals surface area contributed by atoms with Crippen molar-refractivity contribution < 1.29 is 13.2 Å². The van der Waals surface area contributed by atoms with Gasteiger partial charge in [-0.05, 0) is 66.5 Å². The number of fused-ring (bicyclic) bond motifs is 2. The molecule has 0 radical (unpaired) electrons. The van der Waals surface area contributed by atoms with E-state index in [1.165, 1.54) is 12.8 Å². The Morgan fingerprint density at radius 1 is 1.10 bits per heavy atom. The summed E-state index contributed by atoms with van der Waals surface area (Å²) in [4.78, 5) is 13.0. The lowest BCUT2D eigenvalue weighted by atomic mass is 9.69. The number of sulfonamides is 1. The van der Waals surface area contributed by atoms with Crippen molar-refractivity contribution in [2.24, 2.45) is 16.7 Å². The lowest BCUT2D eigenvalue weighted by molar-refractivity contribution is -0.122. The van der Waals surface area contributed by atoms with Gasteiger partial charge in [0.25, 0.3) is 0 Å². The molecule has 1 N–H and O–H groups in total. The average Bonchev–Trinajstić information content (AvgIpc) is 3.02. The highest BCUT2D eigenvalue weighted by atomic mass is 32.2. The fourth-order valence-electron chi connectivity index (χ4n) is 5.89. The van der Waals surface area contributed by atoms with Crippen molar-refractivity contribution in [3.05, 3.63) is 29.8 Å². The summed E-state index contributed by atoms with van der Waals surface area (Å²) in [6.07, 6.45) is 6.76. The first-order valence-electron chi connectivity index (χ1n) is 11.0. The lowest BCUT2D eigenvalue weighted by Crippen LogP contribution is -2.47. The maximum absolute atomic E-state index is 12.8. The second kappa shape index (κ2) is 7.38. The fraction of sp³-hybridized carbons (Fsp3) is 0.696. The summed E-state index contributed by atoms with van der Waals surface area (Å²) < 4.78 is 27.1. The summed E-state index contributed by atoms with van der Waals surface area (Å²) in [5, 5.41) is 3.29. The standard InChI is InChI=1S/C23H34N2O3S/c1-22(2)18-11-12-23(22,3)20(16-18)24-21(26)15-17-7-9-19(10-8-17)29(27,28)25-13-5-4-6-14-25/h7-10,18,20H,4-6,11-16H2,1-3H3,(H,24,26). The zero-order chi connectivity index (χ0) is 20.9. The van der Waals surface area contributed by atoms with Crippen LogP contribution in [0.2, 0.25) is 0 Å². The highest BCUT2D eigenvalue weighted by Gasteiger charge is 2.61. The molecule has 0 spiro atoms. The molecule has 3 fully saturated rings. The molecule has 1 aromatic rings. The molecule has 1 aromatic carbocycles. The lowest BCUT2D eigenvalue weighted by Gasteiger charge is -2.39. The van der Waals surface area contributed by atoms with Crippen LogP contribution in [0.4, 0.5) is 0 Å². The van der Waals surface area contributed by atoms with Crippen LogP contribution < -0.4 is 5.32 Å². The molecular formula is C23H34N2O3S. The topological polar surface area (TPSA) is 66.5 Å². The quantitative estimate of drug-likeness (QED) is 0.792. The van der Waals surface area contributed by atoms with Crippen LogP contribution in [0.25, 0.3) is 0 Å². The zero-order valence-corrected chi connectivity index (χ0v) is 18.7. The van der Waals surface area contributed by atoms with E-state index in [4.69, 9.17) is 0 Å². The van der Waals surface area contributed by atoms with Crippen LogP contribution in [-0.4, -0.2) is 37.8 Å². The van der Waals surface area contributed by atoms with Crippen LogP contribution in [0, 0.1) is 16.7 Å². The molecule has 2 aliphatic carbocycles. The van der Waals surface area contributed by atoms with Crippen molar-refractivity contribution in [1.29, 1.82) is 0 Å². The fourth-order valence-corrected chi connectivity index (χ4v) is 7.40. The predicted molar refractivity (Wildman–Crippen MR) is 114 cm³/mol. The van der Waals surface area contributed by atoms with E-state index >= 15 is 0 Å². The molecule has 0 aromatic heterocycles. The van der Waals surface area contributed by atoms with E-state index < -0.39 is 10.0 Å². The normalized spacial score (nSPS) is 31.7. The third-order valence-corrected chi connectivity index (χ3v) is 10.3. The SMILES string of the molecule is CC1(C)C2CCC1(C)C(NC(=O)Cc1ccc(S(=O)(=O)N3CCCCC3)cc1)C2. The van der Waals surface area contributed by atoms with Crippen LogP contribution in [0.15, 0.2) is 29.2 Å². The second-order valence-electron chi connectivity index (χ2n) is 10.0. The van der Waals surface area contributed by atoms with E-state index in [-0.39, 0.29) is 22.8 Å². The zero-order valence-electron chi connectivity index (χ0n) is 17.9. The monoisotopic (exact) mass is 418 g/mol. The molecule has 1 aliphatic heterocycles. The largest absolute Gasteiger partial charge is 0.353 e. The first-order valence-corrected chi connectivity index (χ1v) is 12.5. The third kappa shape index (κ3) is 3.52. The van der Waals surface area contributed by atoms with Gasteiger partial charge in [0.1, 0.15) is 0 Å². The maximum Gasteiger partial charge on any atom is 0.243 e. The van der Waals surface area contributed by atoms with Gasteiger partial charge >= 0.3 is 0 Å². The first kappa shape index (κ1) is 20.9. The molecule has 2 bridgehead atoms. The minimum absolute atomic E-state index is 0.0335. The van der Waals surface area contributed by atoms with E-state index in [9.17, 15) is 13.2 Å². The minimum atomic E-state index is -3.42. The maximum atomic E-state index is 12.8. The molecule has 1 saturated heterocycles. The molecule has 5 nitrogen and oxygen atoms in total. The molecule has 2 saturated carbocycles. The number of carbonyl (C=O) groups excluding carboxylic acids is 1. The number of benzene rings is 1. The van der Waals surface area contributed by atoms with Gasteiger partial charge in [0.2, 0.25) is 15.9 Å². The van der Waals surface area contributed by atoms with Gasteiger partial charge in [0.15, 0.2) is 0 Å². The summed E-state index contributed by atoms with van der Waals surface area (Å²) in [5.41, 5.74) is 1.29. The Hall–Kier alpha value is -1.40. The Bertz CT molecular complexity index is 872. The van der Waals surface area contributed by atoms with Crippen LogP contribution in [0.1, 0.15) is 64.9 Å². The smallest absolute Gasteiger partial charge is 0.243 e. The molecule has 3 unspecified atom stereocenters. The summed E-state index contributed by atoms with van der Waals surface area (Å²) >= 11 is 0. The number of amides is 1. The van der Waals surface area contributed by atoms with Gasteiger partial charge in [-0.1, -0.05) is 39.3 Å². The van der Waals surface area contributed by atoms with Crippen LogP contribution in [-0.2, 0) is 21.2 Å². The molecule has 3 aliphatic rings. The van der Waals surface area contributed by atoms with Gasteiger partial charge in [-0.2, -0.15) is 4.31 Å². The second-order valence-corrected chi connectivity index (χ2v) is 12.0. The van der Waals surface area contributed by atoms with Gasteiger partial charge in [0.05, 0.1) is 11.3 Å². The van der Waals surface area contributed by atoms with Crippen molar-refractivity contribution in [3.63, 3.8) is 0 Å². The van der Waals surface area contributed by atoms with Crippen molar-refractivity contribution >= 4 is 15.9 Å². The Balaban J connectivity index is 1.39. The van der Waals surface area contributed by atoms with Gasteiger partial charge in [0, 0.05) is 19.1 Å². The van der Waals surface area contributed by atoms with Gasteiger partial charge in [-0.3, -0.25) is 4.79 Å². The molecule has 1 heterocycles. The van der Waals surface area contributed by atoms with E-state index in [2.05, 4.69) is 26.1 Å². The molecule has 160 valence electrons. The van der Waals surface area contributed by atoms with Gasteiger partial charge in [-0.15, -0.1) is 0 Å². The van der Waals surface area contributed by atoms with Crippen molar-refractivity contribution in [2.75, 3.05) is 13.1 Å². The van der Waals surface area contributed by atoms with E-state index in [1.807, 2.05) is 0 Å². The Morgan fingerprint density at radius 2 is 1.76 bits per heavy atom. The molecule has 29 heavy (non-hydrogen) atoms. The summed E-state index contributed by atoms with van der Waals surface area (Å²) in [5.74, 6) is 0.725. The molecular weight excluding hydrogens is 384 g/mol. The Kier molecular flexibility index (Phi) is 5.31. The van der Waals surface area contributed by atoms with Gasteiger partial charge in [-0.25, -0.2) is 8.42 Å². The molecule has 3 atom stereocenters. The molecule has 6 heteroatoms. The van der Waals surface area contributed by atoms with E-state index in [0.717, 1.165) is 31.2 Å². The third-order valence-electron chi connectivity index (χ3n) is 8.37. The van der Waals surface area contributed by atoms with Crippen LogP contribution >= 0.6 is 0 Å². The summed E-state index contributed by atoms with van der Waals surface area (Å²) in [6, 6.07) is 7.09. The molecule has 4 rings (SSSR count). The number of nitrogens with zero attached hydrogens (tertiary/aromatic N) is 1. The minimum Gasteiger partial charge on any atom is -0.353 e. The number of hydrogen-bond donors (Lipinski definition) is 1. The van der Waals surface area contributed by atoms with Crippen molar-refractivity contribution in [3.8, 4) is 0 Å². The number of hydrogen-bond acceptors (Lipinski definition) is 3. The molecule has 1 amide bonds. The van der Waals surface area contributed by atoms with E-state index in [0.29, 0.717) is 30.3 Å². The first-order chi connectivity index (χ1) is 13.6. The van der Waals surface area contributed by atoms with Crippen LogP contribution in [0.5, 0.6) is 0 Å². The summed E-state index contributed by atoms with van der Waals surface area (Å²) in [7, 11) is -3.42. The van der Waals surface area contributed by atoms with E-state index in [1.54, 1.807) is 28.6 Å². The number of rotatable bonds is 5. The Labute approximate surface area is 175 Å². The Morgan fingerprint density at radius 3 is 2.31 bits per heavy atom. The van der Waals surface area contributed by atoms with Crippen molar-refractivity contribution in [1.82, 2.24) is 9.62 Å². The van der Waals surface area contributed by atoms with Crippen molar-refractivity contribution in [2.45, 2.75) is 76.7 Å². The summed E-state index contributed by atoms with van der Waals surface area (Å²) in [6.45, 7) is 8.22. The average molecular weight is 419 g/mol. The predicted octanol–water partition coefficient (Wildman–Crippen LogP) is 3.73. The van der Waals surface area contributed by atoms with Gasteiger partial charge < -0.3 is 5.32 Å².